The molecule has 15 heavy (non-hydrogen) atoms. The number of carbonyl (C=O) groups is 1. The largest absolute Gasteiger partial charge is 0.460 e. The molecule has 0 aromatic rings. The fourth-order valence-corrected chi connectivity index (χ4v) is 0.903. The standard InChI is InChI=1S/C9H17NO5/c1-9(2,3)15-8(11)6-4-5-7-14-10(12)13/h4-7H2,1-3H3. The quantitative estimate of drug-likeness (QED) is 0.294. The molecule has 0 atom stereocenters. The Morgan fingerprint density at radius 3 is 2.40 bits per heavy atom. The van der Waals surface area contributed by atoms with Gasteiger partial charge in [0.15, 0.2) is 0 Å². The molecule has 0 aromatic carbocycles. The maximum absolute atomic E-state index is 11.2. The molecule has 6 heteroatoms. The number of esters is 1. The third kappa shape index (κ3) is 10.6. The number of ether oxygens (including phenoxy) is 1. The second-order valence-corrected chi connectivity index (χ2v) is 4.10. The summed E-state index contributed by atoms with van der Waals surface area (Å²) in [6.07, 6.45) is 1.27. The summed E-state index contributed by atoms with van der Waals surface area (Å²) in [5, 5.41) is 8.94. The minimum atomic E-state index is -0.840. The number of rotatable bonds is 6. The molecule has 0 fully saturated rings. The predicted octanol–water partition coefficient (Wildman–Crippen LogP) is 1.71. The molecular weight excluding hydrogens is 202 g/mol. The first-order valence-corrected chi connectivity index (χ1v) is 4.80. The summed E-state index contributed by atoms with van der Waals surface area (Å²) >= 11 is 0. The van der Waals surface area contributed by atoms with Gasteiger partial charge < -0.3 is 9.57 Å². The molecule has 0 aliphatic heterocycles. The van der Waals surface area contributed by atoms with Crippen molar-refractivity contribution in [2.75, 3.05) is 6.61 Å². The maximum atomic E-state index is 11.2. The van der Waals surface area contributed by atoms with E-state index in [1.54, 1.807) is 20.8 Å². The third-order valence-electron chi connectivity index (χ3n) is 1.39. The van der Waals surface area contributed by atoms with Gasteiger partial charge in [0.05, 0.1) is 6.61 Å². The SMILES string of the molecule is CC(C)(C)OC(=O)CCCCO[N+](=O)[O-]. The van der Waals surface area contributed by atoms with Crippen molar-refractivity contribution in [2.24, 2.45) is 0 Å². The van der Waals surface area contributed by atoms with E-state index in [0.717, 1.165) is 0 Å². The van der Waals surface area contributed by atoms with E-state index in [1.165, 1.54) is 0 Å². The van der Waals surface area contributed by atoms with Crippen molar-refractivity contribution in [3.8, 4) is 0 Å². The smallest absolute Gasteiger partial charge is 0.306 e. The van der Waals surface area contributed by atoms with Crippen molar-refractivity contribution in [3.63, 3.8) is 0 Å². The van der Waals surface area contributed by atoms with Gasteiger partial charge in [0.25, 0.3) is 5.09 Å². The van der Waals surface area contributed by atoms with Gasteiger partial charge in [-0.1, -0.05) is 0 Å². The summed E-state index contributed by atoms with van der Waals surface area (Å²) in [6, 6.07) is 0. The van der Waals surface area contributed by atoms with Gasteiger partial charge in [0, 0.05) is 6.42 Å². The zero-order chi connectivity index (χ0) is 11.9. The number of carbonyl (C=O) groups excluding carboxylic acids is 1. The lowest BCUT2D eigenvalue weighted by Crippen LogP contribution is -2.23. The molecule has 0 aromatic heterocycles. The van der Waals surface area contributed by atoms with Gasteiger partial charge in [-0.05, 0) is 33.6 Å². The minimum absolute atomic E-state index is 0.0236. The average molecular weight is 219 g/mol. The van der Waals surface area contributed by atoms with Crippen molar-refractivity contribution in [1.29, 1.82) is 0 Å². The van der Waals surface area contributed by atoms with Gasteiger partial charge in [0.1, 0.15) is 5.60 Å². The van der Waals surface area contributed by atoms with Gasteiger partial charge in [-0.2, -0.15) is 0 Å². The Kier molecular flexibility index (Phi) is 5.66. The maximum Gasteiger partial charge on any atom is 0.306 e. The van der Waals surface area contributed by atoms with Crippen LogP contribution in [0, 0.1) is 10.1 Å². The fourth-order valence-electron chi connectivity index (χ4n) is 0.903. The van der Waals surface area contributed by atoms with Crippen LogP contribution in [0.1, 0.15) is 40.0 Å². The molecule has 0 aliphatic carbocycles. The van der Waals surface area contributed by atoms with Crippen molar-refractivity contribution >= 4 is 5.97 Å². The average Bonchev–Trinajstić information content (AvgIpc) is 1.99. The molecule has 0 rings (SSSR count). The second kappa shape index (κ2) is 6.21. The zero-order valence-corrected chi connectivity index (χ0v) is 9.32. The van der Waals surface area contributed by atoms with Crippen LogP contribution < -0.4 is 0 Å². The molecular formula is C9H17NO5. The lowest BCUT2D eigenvalue weighted by atomic mass is 10.2. The molecule has 0 spiro atoms. The van der Waals surface area contributed by atoms with Gasteiger partial charge >= 0.3 is 5.97 Å². The van der Waals surface area contributed by atoms with E-state index in [9.17, 15) is 14.9 Å². The van der Waals surface area contributed by atoms with Crippen LogP contribution in [0.5, 0.6) is 0 Å². The Bertz CT molecular complexity index is 221. The van der Waals surface area contributed by atoms with E-state index in [1.807, 2.05) is 0 Å². The molecule has 0 heterocycles. The highest BCUT2D eigenvalue weighted by molar-refractivity contribution is 5.69. The van der Waals surface area contributed by atoms with Gasteiger partial charge in [-0.15, -0.1) is 10.1 Å². The van der Waals surface area contributed by atoms with Gasteiger partial charge in [-0.25, -0.2) is 0 Å². The summed E-state index contributed by atoms with van der Waals surface area (Å²) in [5.41, 5.74) is -0.478. The topological polar surface area (TPSA) is 78.7 Å². The third-order valence-corrected chi connectivity index (χ3v) is 1.39. The Hall–Kier alpha value is -1.33. The highest BCUT2D eigenvalue weighted by Crippen LogP contribution is 2.09. The van der Waals surface area contributed by atoms with Gasteiger partial charge in [0.2, 0.25) is 0 Å². The van der Waals surface area contributed by atoms with E-state index >= 15 is 0 Å². The Balaban J connectivity index is 3.44. The van der Waals surface area contributed by atoms with Crippen LogP contribution in [0.3, 0.4) is 0 Å². The number of unbranched alkanes of at least 4 members (excludes halogenated alkanes) is 1. The van der Waals surface area contributed by atoms with Crippen molar-refractivity contribution in [2.45, 2.75) is 45.6 Å². The molecule has 88 valence electrons. The second-order valence-electron chi connectivity index (χ2n) is 4.10. The molecule has 0 aliphatic rings. The van der Waals surface area contributed by atoms with Crippen molar-refractivity contribution in [3.05, 3.63) is 10.1 Å². The van der Waals surface area contributed by atoms with Crippen LogP contribution in [-0.4, -0.2) is 23.3 Å². The van der Waals surface area contributed by atoms with Crippen LogP contribution in [0.15, 0.2) is 0 Å². The Morgan fingerprint density at radius 2 is 1.93 bits per heavy atom. The minimum Gasteiger partial charge on any atom is -0.460 e. The van der Waals surface area contributed by atoms with Crippen molar-refractivity contribution in [1.82, 2.24) is 0 Å². The van der Waals surface area contributed by atoms with E-state index in [0.29, 0.717) is 12.8 Å². The van der Waals surface area contributed by atoms with E-state index in [4.69, 9.17) is 4.74 Å². The molecule has 6 nitrogen and oxygen atoms in total. The summed E-state index contributed by atoms with van der Waals surface area (Å²) in [5.74, 6) is -0.288. The summed E-state index contributed by atoms with van der Waals surface area (Å²) in [7, 11) is 0. The summed E-state index contributed by atoms with van der Waals surface area (Å²) in [6.45, 7) is 5.40. The molecule has 0 unspecified atom stereocenters. The summed E-state index contributed by atoms with van der Waals surface area (Å²) in [4.78, 5) is 25.0. The van der Waals surface area contributed by atoms with Crippen LogP contribution in [0.2, 0.25) is 0 Å². The van der Waals surface area contributed by atoms with Crippen LogP contribution in [0.4, 0.5) is 0 Å². The lowest BCUT2D eigenvalue weighted by molar-refractivity contribution is -0.757. The van der Waals surface area contributed by atoms with E-state index in [2.05, 4.69) is 4.84 Å². The van der Waals surface area contributed by atoms with Crippen LogP contribution in [0.25, 0.3) is 0 Å². The predicted molar refractivity (Wildman–Crippen MR) is 52.6 cm³/mol. The number of hydrogen-bond acceptors (Lipinski definition) is 5. The molecule has 0 bridgehead atoms. The zero-order valence-electron chi connectivity index (χ0n) is 9.32. The molecule has 0 N–H and O–H groups in total. The lowest BCUT2D eigenvalue weighted by Gasteiger charge is -2.19. The molecule has 0 radical (unpaired) electrons. The first kappa shape index (κ1) is 13.7. The molecule has 0 saturated carbocycles. The number of nitrogens with zero attached hydrogens (tertiary/aromatic N) is 1. The fraction of sp³-hybridized carbons (Fsp3) is 0.889. The Morgan fingerprint density at radius 1 is 1.33 bits per heavy atom. The highest BCUT2D eigenvalue weighted by atomic mass is 16.9. The normalized spacial score (nSPS) is 10.9. The Labute approximate surface area is 88.7 Å². The highest BCUT2D eigenvalue weighted by Gasteiger charge is 2.15. The molecule has 0 saturated heterocycles. The van der Waals surface area contributed by atoms with Gasteiger partial charge in [-0.3, -0.25) is 4.79 Å². The van der Waals surface area contributed by atoms with Crippen molar-refractivity contribution < 1.29 is 19.5 Å². The van der Waals surface area contributed by atoms with Crippen LogP contribution >= 0.6 is 0 Å². The molecule has 0 amide bonds. The first-order chi connectivity index (χ1) is 6.81. The monoisotopic (exact) mass is 219 g/mol. The number of hydrogen-bond donors (Lipinski definition) is 0. The van der Waals surface area contributed by atoms with Crippen LogP contribution in [-0.2, 0) is 14.4 Å². The van der Waals surface area contributed by atoms with E-state index < -0.39 is 10.7 Å². The first-order valence-electron chi connectivity index (χ1n) is 4.80. The summed E-state index contributed by atoms with van der Waals surface area (Å²) < 4.78 is 5.05. The van der Waals surface area contributed by atoms with E-state index in [-0.39, 0.29) is 19.0 Å².